The summed E-state index contributed by atoms with van der Waals surface area (Å²) >= 11 is 1.74. The van der Waals surface area contributed by atoms with Gasteiger partial charge < -0.3 is 0 Å². The summed E-state index contributed by atoms with van der Waals surface area (Å²) < 4.78 is 300. The van der Waals surface area contributed by atoms with E-state index in [1.165, 1.54) is 9.79 Å². The van der Waals surface area contributed by atoms with Crippen LogP contribution in [-0.2, 0) is 11.2 Å². The summed E-state index contributed by atoms with van der Waals surface area (Å²) in [6.07, 6.45) is -3.09. The number of halogens is 20. The molecule has 0 N–H and O–H groups in total. The van der Waals surface area contributed by atoms with Crippen LogP contribution in [0.15, 0.2) is 64.4 Å². The van der Waals surface area contributed by atoms with Crippen LogP contribution in [0.3, 0.4) is 0 Å². The van der Waals surface area contributed by atoms with Gasteiger partial charge in [0.15, 0.2) is 86.7 Å². The summed E-state index contributed by atoms with van der Waals surface area (Å²) in [7, 11) is 0. The molecule has 0 atom stereocenters. The van der Waals surface area contributed by atoms with E-state index in [-0.39, 0.29) is 11.2 Å². The summed E-state index contributed by atoms with van der Waals surface area (Å²) in [5.74, 6) is -70.5. The third kappa shape index (κ3) is 7.90. The molecule has 6 aromatic rings. The standard InChI is InChI=1S/C24BF20.C14H15OS2/c26-5-1(6(27)14(35)21(42)13(5)34)25(2-7(28)15(36)22(43)16(37)8(2)29,3-9(30)17(38)23(44)18(39)10(3)31)4-11(32)19(40)24(45)20(41)12(4)33;1-17(2)15-12-8-10-14(11-9-12)16-13-6-4-3-5-7-13/h;3-11H,1-2H3/q-1;+1. The predicted octanol–water partition coefficient (Wildman–Crippen LogP) is 9.86. The normalized spacial score (nSPS) is 11.6. The SMILES string of the molecule is C[S+](C)Oc1ccc(Sc2ccccc2)cc1.Fc1c(F)c(F)c([B-](c2c(F)c(F)c(F)c(F)c2F)(c2c(F)c(F)c(F)c(F)c2F)c2c(F)c(F)c(F)c(F)c2F)c(F)c1F. The third-order valence-corrected chi connectivity index (χ3v) is 10.3. The van der Waals surface area contributed by atoms with E-state index < -0.39 is 144 Å². The van der Waals surface area contributed by atoms with Crippen LogP contribution in [0, 0.1) is 116 Å². The minimum absolute atomic E-state index is 0.0179. The van der Waals surface area contributed by atoms with E-state index in [4.69, 9.17) is 4.18 Å². The molecule has 0 fully saturated rings. The van der Waals surface area contributed by atoms with E-state index >= 15 is 35.1 Å². The van der Waals surface area contributed by atoms with Gasteiger partial charge in [0.05, 0.1) is 0 Å². The molecule has 6 rings (SSSR count). The molecule has 6 aromatic carbocycles. The fourth-order valence-electron chi connectivity index (χ4n) is 6.25. The fourth-order valence-corrected chi connectivity index (χ4v) is 7.59. The van der Waals surface area contributed by atoms with Crippen molar-refractivity contribution in [1.29, 1.82) is 0 Å². The van der Waals surface area contributed by atoms with Crippen LogP contribution in [0.25, 0.3) is 0 Å². The molecule has 0 aliphatic heterocycles. The first-order valence-corrected chi connectivity index (χ1v) is 19.0. The van der Waals surface area contributed by atoms with Gasteiger partial charge in [-0.25, -0.2) is 87.8 Å². The molecule has 62 heavy (non-hydrogen) atoms. The third-order valence-electron chi connectivity index (χ3n) is 8.77. The van der Waals surface area contributed by atoms with Gasteiger partial charge in [0.2, 0.25) is 0 Å². The van der Waals surface area contributed by atoms with Crippen molar-refractivity contribution < 1.29 is 92.0 Å². The molecule has 1 nitrogen and oxygen atoms in total. The minimum Gasteiger partial charge on any atom is -0.287 e. The summed E-state index contributed by atoms with van der Waals surface area (Å²) in [6, 6.07) is 18.6. The quantitative estimate of drug-likeness (QED) is 0.0495. The Morgan fingerprint density at radius 3 is 0.790 bits per heavy atom. The number of hydrogen-bond donors (Lipinski definition) is 0. The Morgan fingerprint density at radius 2 is 0.548 bits per heavy atom. The van der Waals surface area contributed by atoms with Gasteiger partial charge in [-0.05, 0) is 36.4 Å². The van der Waals surface area contributed by atoms with Crippen molar-refractivity contribution in [2.45, 2.75) is 9.79 Å². The Hall–Kier alpha value is -5.52. The Bertz CT molecular complexity index is 2340. The van der Waals surface area contributed by atoms with Crippen LogP contribution in [0.5, 0.6) is 5.75 Å². The molecular weight excluding hydrogens is 927 g/mol. The second-order valence-corrected chi connectivity index (χ2v) is 15.3. The maximum absolute atomic E-state index is 15.4. The molecule has 0 amide bonds. The highest BCUT2D eigenvalue weighted by Gasteiger charge is 2.52. The van der Waals surface area contributed by atoms with E-state index in [0.29, 0.717) is 0 Å². The lowest BCUT2D eigenvalue weighted by Crippen LogP contribution is -2.81. The van der Waals surface area contributed by atoms with Gasteiger partial charge in [-0.3, -0.25) is 4.18 Å². The molecule has 0 aromatic heterocycles. The van der Waals surface area contributed by atoms with Crippen molar-refractivity contribution in [1.82, 2.24) is 0 Å². The molecule has 0 spiro atoms. The van der Waals surface area contributed by atoms with Crippen molar-refractivity contribution in [3.63, 3.8) is 0 Å². The summed E-state index contributed by atoms with van der Waals surface area (Å²) in [4.78, 5) is 2.49. The first kappa shape index (κ1) is 47.5. The molecule has 328 valence electrons. The van der Waals surface area contributed by atoms with Crippen LogP contribution in [0.2, 0.25) is 0 Å². The molecular formula is C38H15BF20OS2. The number of benzene rings is 6. The topological polar surface area (TPSA) is 9.23 Å². The summed E-state index contributed by atoms with van der Waals surface area (Å²) in [5, 5.41) is 0. The maximum atomic E-state index is 15.4. The zero-order chi connectivity index (χ0) is 46.4. The monoisotopic (exact) mass is 942 g/mol. The molecule has 0 unspecified atom stereocenters. The first-order valence-electron chi connectivity index (χ1n) is 16.3. The number of rotatable bonds is 8. The largest absolute Gasteiger partial charge is 0.287 e. The van der Waals surface area contributed by atoms with Gasteiger partial charge in [-0.2, -0.15) is 0 Å². The van der Waals surface area contributed by atoms with Gasteiger partial charge in [-0.1, -0.05) is 30.0 Å². The van der Waals surface area contributed by atoms with Crippen LogP contribution in [0.1, 0.15) is 0 Å². The lowest BCUT2D eigenvalue weighted by Gasteiger charge is -2.44. The van der Waals surface area contributed by atoms with Gasteiger partial charge >= 0.3 is 0 Å². The Labute approximate surface area is 341 Å². The lowest BCUT2D eigenvalue weighted by molar-refractivity contribution is 0.378. The van der Waals surface area contributed by atoms with Gasteiger partial charge in [-0.15, -0.1) is 21.9 Å². The van der Waals surface area contributed by atoms with E-state index in [9.17, 15) is 52.7 Å². The molecule has 0 radical (unpaired) electrons. The highest BCUT2D eigenvalue weighted by atomic mass is 32.2. The molecule has 0 aliphatic rings. The van der Waals surface area contributed by atoms with E-state index in [2.05, 4.69) is 48.9 Å². The summed E-state index contributed by atoms with van der Waals surface area (Å²) in [6.45, 7) is 0. The molecule has 0 bridgehead atoms. The van der Waals surface area contributed by atoms with Crippen molar-refractivity contribution >= 4 is 50.9 Å². The van der Waals surface area contributed by atoms with E-state index in [0.717, 1.165) is 5.75 Å². The van der Waals surface area contributed by atoms with Crippen molar-refractivity contribution in [2.24, 2.45) is 0 Å². The average Bonchev–Trinajstić information content (AvgIpc) is 3.24. The average molecular weight is 942 g/mol. The predicted molar refractivity (Wildman–Crippen MR) is 186 cm³/mol. The molecule has 0 heterocycles. The zero-order valence-corrected chi connectivity index (χ0v) is 31.7. The van der Waals surface area contributed by atoms with Crippen molar-refractivity contribution in [3.8, 4) is 5.75 Å². The second kappa shape index (κ2) is 18.1. The summed E-state index contributed by atoms with van der Waals surface area (Å²) in [5.41, 5.74) is -14.3. The Kier molecular flexibility index (Phi) is 13.9. The first-order chi connectivity index (χ1) is 28.9. The smallest absolute Gasteiger partial charge is 0.200 e. The van der Waals surface area contributed by atoms with Crippen molar-refractivity contribution in [2.75, 3.05) is 12.5 Å². The Balaban J connectivity index is 0.000000355. The minimum atomic E-state index is -7.22. The highest BCUT2D eigenvalue weighted by Crippen LogP contribution is 2.32. The van der Waals surface area contributed by atoms with Crippen LogP contribution in [0.4, 0.5) is 87.8 Å². The van der Waals surface area contributed by atoms with Gasteiger partial charge in [0, 0.05) is 9.79 Å². The Morgan fingerprint density at radius 1 is 0.323 bits per heavy atom. The van der Waals surface area contributed by atoms with Crippen LogP contribution < -0.4 is 26.0 Å². The molecule has 0 aliphatic carbocycles. The fraction of sp³-hybridized carbons (Fsp3) is 0.0526. The maximum Gasteiger partial charge on any atom is 0.200 e. The highest BCUT2D eigenvalue weighted by molar-refractivity contribution is 7.99. The van der Waals surface area contributed by atoms with Crippen molar-refractivity contribution in [3.05, 3.63) is 171 Å². The van der Waals surface area contributed by atoms with Crippen LogP contribution in [-0.4, -0.2) is 18.7 Å². The van der Waals surface area contributed by atoms with Gasteiger partial charge in [0.1, 0.15) is 65.2 Å². The molecule has 0 saturated heterocycles. The van der Waals surface area contributed by atoms with Gasteiger partial charge in [0.25, 0.3) is 0 Å². The lowest BCUT2D eigenvalue weighted by atomic mass is 9.12. The number of hydrogen-bond acceptors (Lipinski definition) is 2. The molecule has 0 saturated carbocycles. The second-order valence-electron chi connectivity index (χ2n) is 12.5. The van der Waals surface area contributed by atoms with Crippen LogP contribution >= 0.6 is 11.8 Å². The zero-order valence-electron chi connectivity index (χ0n) is 30.1. The van der Waals surface area contributed by atoms with E-state index in [1.807, 2.05) is 18.2 Å². The molecule has 24 heteroatoms. The van der Waals surface area contributed by atoms with E-state index in [1.54, 1.807) is 11.8 Å².